The molecule has 0 saturated carbocycles. The summed E-state index contributed by atoms with van der Waals surface area (Å²) in [5, 5.41) is 2.47. The van der Waals surface area contributed by atoms with Crippen molar-refractivity contribution in [2.24, 2.45) is 0 Å². The number of rotatable bonds is 10. The molecule has 0 unspecified atom stereocenters. The van der Waals surface area contributed by atoms with Gasteiger partial charge >= 0.3 is 6.01 Å². The van der Waals surface area contributed by atoms with Gasteiger partial charge in [0, 0.05) is 11.8 Å². The Kier molecular flexibility index (Phi) is 9.62. The van der Waals surface area contributed by atoms with Crippen molar-refractivity contribution in [1.82, 2.24) is 9.97 Å². The fourth-order valence-electron chi connectivity index (χ4n) is 3.19. The number of carbonyl (C=O) groups excluding carboxylic acids is 1. The third-order valence-electron chi connectivity index (χ3n) is 5.15. The van der Waals surface area contributed by atoms with Crippen molar-refractivity contribution in [2.45, 2.75) is 11.5 Å². The Morgan fingerprint density at radius 1 is 0.878 bits per heavy atom. The van der Waals surface area contributed by atoms with E-state index in [2.05, 4.69) is 20.0 Å². The normalized spacial score (nSPS) is 11.2. The van der Waals surface area contributed by atoms with Gasteiger partial charge in [-0.25, -0.2) is 8.42 Å². The van der Waals surface area contributed by atoms with Gasteiger partial charge in [0.1, 0.15) is 22.4 Å². The van der Waals surface area contributed by atoms with Crippen molar-refractivity contribution in [3.8, 4) is 17.6 Å². The van der Waals surface area contributed by atoms with Crippen LogP contribution in [0.3, 0.4) is 0 Å². The highest BCUT2D eigenvalue weighted by Crippen LogP contribution is 2.48. The molecule has 2 N–H and O–H groups in total. The summed E-state index contributed by atoms with van der Waals surface area (Å²) in [7, 11) is -1.34. The van der Waals surface area contributed by atoms with Gasteiger partial charge in [0.2, 0.25) is 5.88 Å². The van der Waals surface area contributed by atoms with E-state index in [0.717, 1.165) is 0 Å². The minimum Gasteiger partial charge on any atom is -0.482 e. The van der Waals surface area contributed by atoms with E-state index in [-0.39, 0.29) is 71.6 Å². The number of halogens is 5. The first-order valence-electron chi connectivity index (χ1n) is 11.1. The number of benzene rings is 2. The average molecular weight is 683 g/mol. The second-order valence-corrected chi connectivity index (χ2v) is 11.4. The second-order valence-electron chi connectivity index (χ2n) is 7.82. The lowest BCUT2D eigenvalue weighted by molar-refractivity contribution is 0.0992. The Bertz CT molecular complexity index is 1670. The van der Waals surface area contributed by atoms with Crippen LogP contribution in [0.5, 0.6) is 17.6 Å². The number of nitrogens with zero attached hydrogens (tertiary/aromatic N) is 2. The summed E-state index contributed by atoms with van der Waals surface area (Å²) in [6.07, 6.45) is 0. The molecule has 0 aliphatic rings. The molecule has 0 bridgehead atoms. The predicted octanol–water partition coefficient (Wildman–Crippen LogP) is 6.99. The third kappa shape index (κ3) is 7.03. The van der Waals surface area contributed by atoms with Crippen LogP contribution < -0.4 is 24.2 Å². The monoisotopic (exact) mass is 680 g/mol. The summed E-state index contributed by atoms with van der Waals surface area (Å²) >= 11 is 30.4. The van der Waals surface area contributed by atoms with Crippen LogP contribution in [0.1, 0.15) is 16.3 Å². The van der Waals surface area contributed by atoms with E-state index in [0.29, 0.717) is 5.69 Å². The Morgan fingerprint density at radius 2 is 1.51 bits per heavy atom. The van der Waals surface area contributed by atoms with E-state index in [9.17, 15) is 13.2 Å². The molecule has 0 aliphatic carbocycles. The zero-order chi connectivity index (χ0) is 29.9. The number of hydrogen-bond donors (Lipinski definition) is 2. The van der Waals surface area contributed by atoms with E-state index in [1.165, 1.54) is 56.7 Å². The van der Waals surface area contributed by atoms with E-state index < -0.39 is 15.9 Å². The molecule has 1 amide bonds. The molecule has 0 atom stereocenters. The highest BCUT2D eigenvalue weighted by Gasteiger charge is 2.22. The summed E-state index contributed by atoms with van der Waals surface area (Å²) in [6, 6.07) is 9.53. The van der Waals surface area contributed by atoms with Gasteiger partial charge in [-0.1, -0.05) is 58.0 Å². The molecule has 216 valence electrons. The number of methoxy groups -OCH3 is 2. The standard InChI is InChI=1S/C24H17Cl5N4O7S/c1-37-16-9-15(31-24(32-16)38-2)33-41(35,36)13-6-3-11(4-7-13)30-23(34)14-8-5-12(40-14)10-39-22-20(28)18(26)17(25)19(27)21(22)29/h3-9H,10H2,1-2H3,(H,30,34)(H,31,32,33). The molecule has 41 heavy (non-hydrogen) atoms. The lowest BCUT2D eigenvalue weighted by atomic mass is 10.3. The van der Waals surface area contributed by atoms with Gasteiger partial charge in [0.25, 0.3) is 15.9 Å². The van der Waals surface area contributed by atoms with Crippen LogP contribution in [0, 0.1) is 0 Å². The zero-order valence-electron chi connectivity index (χ0n) is 20.8. The van der Waals surface area contributed by atoms with Gasteiger partial charge in [0.15, 0.2) is 17.3 Å². The Hall–Kier alpha value is -3.13. The van der Waals surface area contributed by atoms with Crippen molar-refractivity contribution < 1.29 is 31.8 Å². The quantitative estimate of drug-likeness (QED) is 0.134. The Morgan fingerprint density at radius 3 is 2.12 bits per heavy atom. The summed E-state index contributed by atoms with van der Waals surface area (Å²) in [5.74, 6) is -0.341. The number of aromatic nitrogens is 2. The first kappa shape index (κ1) is 30.8. The molecule has 4 aromatic rings. The highest BCUT2D eigenvalue weighted by molar-refractivity contribution is 7.92. The SMILES string of the molecule is COc1cc(NS(=O)(=O)c2ccc(NC(=O)c3ccc(COc4c(Cl)c(Cl)c(Cl)c(Cl)c4Cl)o3)cc2)nc(OC)n1. The lowest BCUT2D eigenvalue weighted by Gasteiger charge is -2.12. The molecule has 0 fully saturated rings. The van der Waals surface area contributed by atoms with E-state index in [1.54, 1.807) is 0 Å². The van der Waals surface area contributed by atoms with Crippen LogP contribution in [-0.4, -0.2) is 38.5 Å². The maximum atomic E-state index is 12.8. The summed E-state index contributed by atoms with van der Waals surface area (Å²) < 4.78 is 49.0. The Balaban J connectivity index is 1.40. The molecule has 0 aliphatic heterocycles. The van der Waals surface area contributed by atoms with Crippen LogP contribution in [0.25, 0.3) is 0 Å². The van der Waals surface area contributed by atoms with E-state index >= 15 is 0 Å². The van der Waals surface area contributed by atoms with Gasteiger partial charge in [0.05, 0.1) is 34.2 Å². The van der Waals surface area contributed by atoms with Gasteiger partial charge < -0.3 is 23.9 Å². The van der Waals surface area contributed by atoms with Crippen LogP contribution in [-0.2, 0) is 16.6 Å². The lowest BCUT2D eigenvalue weighted by Crippen LogP contribution is -2.15. The minimum atomic E-state index is -4.04. The first-order valence-corrected chi connectivity index (χ1v) is 14.4. The largest absolute Gasteiger partial charge is 0.482 e. The smallest absolute Gasteiger partial charge is 0.321 e. The van der Waals surface area contributed by atoms with E-state index in [1.807, 2.05) is 0 Å². The van der Waals surface area contributed by atoms with Crippen LogP contribution in [0.15, 0.2) is 51.8 Å². The van der Waals surface area contributed by atoms with Gasteiger partial charge in [-0.15, -0.1) is 0 Å². The van der Waals surface area contributed by atoms with Gasteiger partial charge in [-0.2, -0.15) is 9.97 Å². The first-order chi connectivity index (χ1) is 19.4. The average Bonchev–Trinajstić information content (AvgIpc) is 3.44. The predicted molar refractivity (Wildman–Crippen MR) is 155 cm³/mol. The van der Waals surface area contributed by atoms with Crippen LogP contribution >= 0.6 is 58.0 Å². The second kappa shape index (κ2) is 12.8. The number of nitrogens with one attached hydrogen (secondary N) is 2. The summed E-state index contributed by atoms with van der Waals surface area (Å²) in [6.45, 7) is -0.162. The molecular weight excluding hydrogens is 666 g/mol. The summed E-state index contributed by atoms with van der Waals surface area (Å²) in [4.78, 5) is 20.4. The number of furan rings is 1. The third-order valence-corrected chi connectivity index (χ3v) is 8.76. The molecule has 4 rings (SSSR count). The number of amides is 1. The number of anilines is 2. The highest BCUT2D eigenvalue weighted by atomic mass is 35.5. The summed E-state index contributed by atoms with van der Waals surface area (Å²) in [5.41, 5.74) is 0.303. The molecule has 0 saturated heterocycles. The maximum Gasteiger partial charge on any atom is 0.321 e. The number of ether oxygens (including phenoxy) is 3. The molecule has 17 heteroatoms. The van der Waals surface area contributed by atoms with Crippen LogP contribution in [0.2, 0.25) is 25.1 Å². The van der Waals surface area contributed by atoms with Crippen LogP contribution in [0.4, 0.5) is 11.5 Å². The molecule has 0 radical (unpaired) electrons. The molecular formula is C24H17Cl5N4O7S. The number of carbonyl (C=O) groups is 1. The fourth-order valence-corrected chi connectivity index (χ4v) is 5.41. The number of hydrogen-bond acceptors (Lipinski definition) is 9. The van der Waals surface area contributed by atoms with Gasteiger partial charge in [-0.05, 0) is 36.4 Å². The van der Waals surface area contributed by atoms with E-state index in [4.69, 9.17) is 76.6 Å². The van der Waals surface area contributed by atoms with Crippen molar-refractivity contribution in [3.63, 3.8) is 0 Å². The molecule has 0 spiro atoms. The van der Waals surface area contributed by atoms with Gasteiger partial charge in [-0.3, -0.25) is 9.52 Å². The molecule has 11 nitrogen and oxygen atoms in total. The molecule has 2 heterocycles. The zero-order valence-corrected chi connectivity index (χ0v) is 25.4. The molecule has 2 aromatic carbocycles. The molecule has 2 aromatic heterocycles. The maximum absolute atomic E-state index is 12.8. The Labute approximate surface area is 258 Å². The number of sulfonamides is 1. The van der Waals surface area contributed by atoms with Crippen molar-refractivity contribution in [1.29, 1.82) is 0 Å². The van der Waals surface area contributed by atoms with Crippen molar-refractivity contribution in [2.75, 3.05) is 24.3 Å². The topological polar surface area (TPSA) is 142 Å². The van der Waals surface area contributed by atoms with Crippen molar-refractivity contribution in [3.05, 3.63) is 79.1 Å². The fraction of sp³-hybridized carbons (Fsp3) is 0.125. The van der Waals surface area contributed by atoms with Crippen molar-refractivity contribution >= 4 is 85.4 Å². The minimum absolute atomic E-state index is 0.00217.